The number of benzene rings is 1. The number of hydrogen-bond acceptors (Lipinski definition) is 1. The van der Waals surface area contributed by atoms with Gasteiger partial charge < -0.3 is 0 Å². The molecule has 0 aliphatic heterocycles. The van der Waals surface area contributed by atoms with Gasteiger partial charge in [0.2, 0.25) is 0 Å². The van der Waals surface area contributed by atoms with Crippen LogP contribution in [0.25, 0.3) is 10.1 Å². The number of alkyl halides is 1. The monoisotopic (exact) mass is 428 g/mol. The lowest BCUT2D eigenvalue weighted by Gasteiger charge is -2.36. The van der Waals surface area contributed by atoms with Gasteiger partial charge in [0.05, 0.1) is 0 Å². The molecule has 2 aromatic rings. The second-order valence-corrected chi connectivity index (χ2v) is 9.49. The van der Waals surface area contributed by atoms with Crippen LogP contribution in [0.2, 0.25) is 0 Å². The summed E-state index contributed by atoms with van der Waals surface area (Å²) in [4.78, 5) is 0.484. The van der Waals surface area contributed by atoms with E-state index in [1.165, 1.54) is 52.2 Å². The Hall–Kier alpha value is 0.140. The molecule has 0 saturated heterocycles. The molecule has 0 radical (unpaired) electrons. The predicted molar refractivity (Wildman–Crippen MR) is 102 cm³/mol. The Labute approximate surface area is 148 Å². The Morgan fingerprint density at radius 1 is 1.24 bits per heavy atom. The molecule has 21 heavy (non-hydrogen) atoms. The van der Waals surface area contributed by atoms with Crippen molar-refractivity contribution in [3.8, 4) is 0 Å². The summed E-state index contributed by atoms with van der Waals surface area (Å²) >= 11 is 9.67. The summed E-state index contributed by atoms with van der Waals surface area (Å²) in [7, 11) is 0. The SMILES string of the molecule is CC(C)CC1(C(Br)c2csc3c(Br)cccc23)CCCC1. The molecule has 1 aromatic heterocycles. The fourth-order valence-corrected chi connectivity index (χ4v) is 6.87. The summed E-state index contributed by atoms with van der Waals surface area (Å²) in [6.45, 7) is 4.73. The first kappa shape index (κ1) is 16.0. The van der Waals surface area contributed by atoms with Crippen molar-refractivity contribution in [2.75, 3.05) is 0 Å². The van der Waals surface area contributed by atoms with Gasteiger partial charge in [-0.25, -0.2) is 0 Å². The van der Waals surface area contributed by atoms with Gasteiger partial charge in [-0.15, -0.1) is 11.3 Å². The molecule has 0 N–H and O–H groups in total. The standard InChI is InChI=1S/C18H22Br2S/c1-12(2)10-18(8-3-4-9-18)17(20)14-11-21-16-13(14)6-5-7-15(16)19/h5-7,11-12,17H,3-4,8-10H2,1-2H3. The van der Waals surface area contributed by atoms with Gasteiger partial charge in [0.1, 0.15) is 0 Å². The Balaban J connectivity index is 2.02. The average Bonchev–Trinajstić information content (AvgIpc) is 3.05. The van der Waals surface area contributed by atoms with E-state index in [4.69, 9.17) is 0 Å². The topological polar surface area (TPSA) is 0 Å². The third-order valence-corrected chi connectivity index (χ3v) is 8.24. The largest absolute Gasteiger partial charge is 0.142 e. The van der Waals surface area contributed by atoms with Crippen LogP contribution in [-0.4, -0.2) is 0 Å². The quantitative estimate of drug-likeness (QED) is 0.436. The lowest BCUT2D eigenvalue weighted by molar-refractivity contribution is 0.231. The Bertz CT molecular complexity index is 623. The molecule has 3 heteroatoms. The summed E-state index contributed by atoms with van der Waals surface area (Å²) in [5, 5.41) is 3.79. The fourth-order valence-electron chi connectivity index (χ4n) is 4.02. The van der Waals surface area contributed by atoms with Crippen LogP contribution in [0.5, 0.6) is 0 Å². The van der Waals surface area contributed by atoms with E-state index in [9.17, 15) is 0 Å². The highest BCUT2D eigenvalue weighted by molar-refractivity contribution is 9.10. The van der Waals surface area contributed by atoms with Crippen LogP contribution in [0.4, 0.5) is 0 Å². The number of rotatable bonds is 4. The second kappa shape index (κ2) is 6.33. The highest BCUT2D eigenvalue weighted by Crippen LogP contribution is 2.57. The molecule has 0 spiro atoms. The Kier molecular flexibility index (Phi) is 4.83. The zero-order valence-corrected chi connectivity index (χ0v) is 16.7. The van der Waals surface area contributed by atoms with Gasteiger partial charge in [0, 0.05) is 14.0 Å². The lowest BCUT2D eigenvalue weighted by Crippen LogP contribution is -2.24. The molecule has 1 unspecified atom stereocenters. The molecule has 1 aliphatic carbocycles. The predicted octanol–water partition coefficient (Wildman–Crippen LogP) is 7.71. The van der Waals surface area contributed by atoms with Gasteiger partial charge in [0.15, 0.2) is 0 Å². The van der Waals surface area contributed by atoms with Crippen LogP contribution in [0.3, 0.4) is 0 Å². The van der Waals surface area contributed by atoms with Crippen LogP contribution >= 0.6 is 43.2 Å². The molecule has 1 aliphatic rings. The van der Waals surface area contributed by atoms with E-state index in [0.29, 0.717) is 10.2 Å². The van der Waals surface area contributed by atoms with E-state index < -0.39 is 0 Å². The molecule has 0 bridgehead atoms. The summed E-state index contributed by atoms with van der Waals surface area (Å²) in [5.74, 6) is 0.764. The van der Waals surface area contributed by atoms with Crippen molar-refractivity contribution >= 4 is 53.3 Å². The van der Waals surface area contributed by atoms with E-state index in [1.54, 1.807) is 0 Å². The van der Waals surface area contributed by atoms with Crippen LogP contribution in [0.1, 0.15) is 56.3 Å². The fraction of sp³-hybridized carbons (Fsp3) is 0.556. The minimum Gasteiger partial charge on any atom is -0.142 e. The molecule has 0 nitrogen and oxygen atoms in total. The van der Waals surface area contributed by atoms with Gasteiger partial charge in [-0.1, -0.05) is 54.8 Å². The molecule has 1 saturated carbocycles. The summed E-state index contributed by atoms with van der Waals surface area (Å²) in [6, 6.07) is 6.58. The molecule has 1 heterocycles. The van der Waals surface area contributed by atoms with Gasteiger partial charge in [-0.2, -0.15) is 0 Å². The van der Waals surface area contributed by atoms with E-state index in [-0.39, 0.29) is 0 Å². The minimum absolute atomic E-state index is 0.449. The number of hydrogen-bond donors (Lipinski definition) is 0. The van der Waals surface area contributed by atoms with E-state index >= 15 is 0 Å². The zero-order chi connectivity index (χ0) is 15.0. The molecule has 3 rings (SSSR count). The van der Waals surface area contributed by atoms with Gasteiger partial charge in [-0.3, -0.25) is 0 Å². The van der Waals surface area contributed by atoms with E-state index in [1.807, 2.05) is 11.3 Å². The van der Waals surface area contributed by atoms with Crippen LogP contribution in [-0.2, 0) is 0 Å². The molecule has 1 fully saturated rings. The van der Waals surface area contributed by atoms with Crippen molar-refractivity contribution in [2.24, 2.45) is 11.3 Å². The van der Waals surface area contributed by atoms with Crippen molar-refractivity contribution in [2.45, 2.75) is 50.8 Å². The second-order valence-electron chi connectivity index (χ2n) is 6.84. The summed E-state index contributed by atoms with van der Waals surface area (Å²) in [5.41, 5.74) is 1.95. The molecule has 114 valence electrons. The van der Waals surface area contributed by atoms with Crippen LogP contribution in [0, 0.1) is 11.3 Å². The molecule has 0 amide bonds. The van der Waals surface area contributed by atoms with Crippen molar-refractivity contribution in [3.63, 3.8) is 0 Å². The minimum atomic E-state index is 0.449. The van der Waals surface area contributed by atoms with Crippen molar-refractivity contribution < 1.29 is 0 Å². The van der Waals surface area contributed by atoms with Gasteiger partial charge in [0.25, 0.3) is 0 Å². The lowest BCUT2D eigenvalue weighted by atomic mass is 9.74. The summed E-state index contributed by atoms with van der Waals surface area (Å²) < 4.78 is 2.61. The smallest absolute Gasteiger partial charge is 0.0488 e. The first-order chi connectivity index (χ1) is 10.0. The number of fused-ring (bicyclic) bond motifs is 1. The summed E-state index contributed by atoms with van der Waals surface area (Å²) in [6.07, 6.45) is 6.84. The third kappa shape index (κ3) is 2.98. The molecular formula is C18H22Br2S. The number of halogens is 2. The molecular weight excluding hydrogens is 408 g/mol. The Morgan fingerprint density at radius 3 is 2.62 bits per heavy atom. The zero-order valence-electron chi connectivity index (χ0n) is 12.7. The first-order valence-corrected chi connectivity index (χ1v) is 10.4. The highest BCUT2D eigenvalue weighted by atomic mass is 79.9. The maximum absolute atomic E-state index is 4.11. The Morgan fingerprint density at radius 2 is 1.95 bits per heavy atom. The van der Waals surface area contributed by atoms with E-state index in [2.05, 4.69) is 69.3 Å². The van der Waals surface area contributed by atoms with Crippen molar-refractivity contribution in [1.82, 2.24) is 0 Å². The highest BCUT2D eigenvalue weighted by Gasteiger charge is 2.41. The third-order valence-electron chi connectivity index (χ3n) is 4.81. The van der Waals surface area contributed by atoms with Crippen LogP contribution in [0.15, 0.2) is 28.1 Å². The maximum Gasteiger partial charge on any atom is 0.0488 e. The molecule has 1 aromatic carbocycles. The van der Waals surface area contributed by atoms with E-state index in [0.717, 1.165) is 5.92 Å². The van der Waals surface area contributed by atoms with Gasteiger partial charge in [-0.05, 0) is 68.9 Å². The molecule has 1 atom stereocenters. The van der Waals surface area contributed by atoms with Crippen LogP contribution < -0.4 is 0 Å². The van der Waals surface area contributed by atoms with Crippen molar-refractivity contribution in [1.29, 1.82) is 0 Å². The maximum atomic E-state index is 4.11. The van der Waals surface area contributed by atoms with Gasteiger partial charge >= 0.3 is 0 Å². The average molecular weight is 430 g/mol. The normalized spacial score (nSPS) is 19.5. The van der Waals surface area contributed by atoms with Crippen molar-refractivity contribution in [3.05, 3.63) is 33.6 Å². The number of thiophene rings is 1. The first-order valence-electron chi connectivity index (χ1n) is 7.83.